The zero-order valence-electron chi connectivity index (χ0n) is 19.5. The first kappa shape index (κ1) is 27.3. The summed E-state index contributed by atoms with van der Waals surface area (Å²) in [6.45, 7) is 7.08. The van der Waals surface area contributed by atoms with Gasteiger partial charge in [-0.1, -0.05) is 15.9 Å². The third-order valence-corrected chi connectivity index (χ3v) is 5.67. The number of phenols is 1. The summed E-state index contributed by atoms with van der Waals surface area (Å²) in [4.78, 5) is 0. The normalized spacial score (nSPS) is 11.9. The predicted molar refractivity (Wildman–Crippen MR) is 125 cm³/mol. The highest BCUT2D eigenvalue weighted by molar-refractivity contribution is 9.10. The van der Waals surface area contributed by atoms with Gasteiger partial charge in [-0.05, 0) is 74.2 Å². The highest BCUT2D eigenvalue weighted by atomic mass is 79.9. The van der Waals surface area contributed by atoms with Gasteiger partial charge < -0.3 is 5.11 Å². The van der Waals surface area contributed by atoms with Gasteiger partial charge in [-0.3, -0.25) is 0 Å². The first-order valence-corrected chi connectivity index (χ1v) is 11.2. The number of rotatable bonds is 2. The molecule has 0 atom stereocenters. The van der Waals surface area contributed by atoms with E-state index in [0.29, 0.717) is 22.5 Å². The van der Waals surface area contributed by atoms with Crippen LogP contribution in [0.15, 0.2) is 53.5 Å². The topological polar surface area (TPSA) is 55.9 Å². The van der Waals surface area contributed by atoms with Crippen LogP contribution < -0.4 is 0 Å². The molecule has 0 amide bonds. The minimum atomic E-state index is -4.41. The molecule has 0 spiro atoms. The zero-order valence-corrected chi connectivity index (χ0v) is 21.1. The molecule has 0 bridgehead atoms. The van der Waals surface area contributed by atoms with Crippen molar-refractivity contribution in [2.75, 3.05) is 0 Å². The largest absolute Gasteiger partial charge is 0.508 e. The molecule has 192 valence electrons. The molecule has 5 nitrogen and oxygen atoms in total. The van der Waals surface area contributed by atoms with Crippen LogP contribution in [0.5, 0.6) is 5.75 Å². The molecule has 2 aromatic carbocycles. The second-order valence-electron chi connectivity index (χ2n) is 8.16. The summed E-state index contributed by atoms with van der Waals surface area (Å²) in [5, 5.41) is 16.9. The van der Waals surface area contributed by atoms with Crippen molar-refractivity contribution in [3.63, 3.8) is 0 Å². The fourth-order valence-corrected chi connectivity index (χ4v) is 4.43. The molecule has 1 N–H and O–H groups in total. The van der Waals surface area contributed by atoms with Crippen LogP contribution in [0.4, 0.5) is 26.3 Å². The lowest BCUT2D eigenvalue weighted by Crippen LogP contribution is -2.04. The summed E-state index contributed by atoms with van der Waals surface area (Å²) in [6.07, 6.45) is -5.21. The number of hydrogen-bond donors (Lipinski definition) is 1. The number of halogens is 7. The minimum absolute atomic E-state index is 0.0805. The lowest BCUT2D eigenvalue weighted by atomic mass is 10.1. The Labute approximate surface area is 211 Å². The van der Waals surface area contributed by atoms with Crippen molar-refractivity contribution < 1.29 is 31.4 Å². The number of nitrogens with zero attached hydrogens (tertiary/aromatic N) is 4. The summed E-state index contributed by atoms with van der Waals surface area (Å²) >= 11 is 3.35. The minimum Gasteiger partial charge on any atom is -0.508 e. The number of alkyl halides is 6. The smallest absolute Gasteiger partial charge is 0.419 e. The molecule has 2 heterocycles. The van der Waals surface area contributed by atoms with Crippen LogP contribution in [0.3, 0.4) is 0 Å². The summed E-state index contributed by atoms with van der Waals surface area (Å²) in [5.41, 5.74) is 2.71. The molecule has 0 saturated heterocycles. The molecule has 2 aromatic heterocycles. The van der Waals surface area contributed by atoms with Crippen LogP contribution in [-0.2, 0) is 12.4 Å². The van der Waals surface area contributed by atoms with Crippen LogP contribution in [0.1, 0.15) is 33.4 Å². The van der Waals surface area contributed by atoms with E-state index in [1.54, 1.807) is 13.8 Å². The van der Waals surface area contributed by atoms with E-state index in [9.17, 15) is 31.4 Å². The van der Waals surface area contributed by atoms with Gasteiger partial charge in [-0.15, -0.1) is 0 Å². The van der Waals surface area contributed by atoms with Gasteiger partial charge in [0.15, 0.2) is 0 Å². The van der Waals surface area contributed by atoms with Crippen molar-refractivity contribution >= 4 is 15.9 Å². The lowest BCUT2D eigenvalue weighted by molar-refractivity contribution is -0.138. The lowest BCUT2D eigenvalue weighted by Gasteiger charge is -2.10. The van der Waals surface area contributed by atoms with Crippen molar-refractivity contribution in [3.8, 4) is 17.1 Å². The molecule has 0 unspecified atom stereocenters. The van der Waals surface area contributed by atoms with Gasteiger partial charge in [-0.25, -0.2) is 9.36 Å². The van der Waals surface area contributed by atoms with Crippen molar-refractivity contribution in [2.45, 2.75) is 40.0 Å². The van der Waals surface area contributed by atoms with E-state index in [1.807, 2.05) is 26.0 Å². The highest BCUT2D eigenvalue weighted by Crippen LogP contribution is 2.32. The molecule has 0 aliphatic heterocycles. The number of hydrogen-bond acceptors (Lipinski definition) is 3. The molecular formula is C24H21BrF6N4O. The Morgan fingerprint density at radius 1 is 0.667 bits per heavy atom. The quantitative estimate of drug-likeness (QED) is 0.252. The summed E-state index contributed by atoms with van der Waals surface area (Å²) in [5.74, 6) is 0.0805. The van der Waals surface area contributed by atoms with Gasteiger partial charge in [0.05, 0.1) is 34.9 Å². The Balaban J connectivity index is 0.000000201. The molecule has 4 rings (SSSR count). The molecule has 4 aromatic rings. The number of aromatic nitrogens is 4. The van der Waals surface area contributed by atoms with Gasteiger partial charge in [0.25, 0.3) is 0 Å². The van der Waals surface area contributed by atoms with E-state index in [4.69, 9.17) is 0 Å². The van der Waals surface area contributed by atoms with Crippen LogP contribution in [0.25, 0.3) is 11.4 Å². The van der Waals surface area contributed by atoms with Crippen LogP contribution in [-0.4, -0.2) is 24.7 Å². The Kier molecular flexibility index (Phi) is 7.58. The third kappa shape index (κ3) is 6.10. The second kappa shape index (κ2) is 10.00. The maximum absolute atomic E-state index is 12.5. The summed E-state index contributed by atoms with van der Waals surface area (Å²) in [7, 11) is 0. The van der Waals surface area contributed by atoms with Crippen LogP contribution >= 0.6 is 15.9 Å². The van der Waals surface area contributed by atoms with Crippen LogP contribution in [0.2, 0.25) is 0 Å². The van der Waals surface area contributed by atoms with Crippen molar-refractivity contribution in [3.05, 3.63) is 86.9 Å². The Morgan fingerprint density at radius 2 is 1.00 bits per heavy atom. The Hall–Kier alpha value is -3.28. The molecule has 0 fully saturated rings. The molecule has 0 aliphatic carbocycles. The number of aryl methyl sites for hydroxylation is 4. The standard InChI is InChI=1S/C12H10BrF3N2.C12H11F3N2O/c1-7-3-10(13)4-8(2)11(7)18-6-9(5-17-18)12(14,15)16;1-7-3-10(18)4-8(2)11(7)17-6-9(5-16-17)12(13,14)15/h3-6H,1-2H3;3-6,18H,1-2H3. The number of aromatic hydroxyl groups is 1. The van der Waals surface area contributed by atoms with E-state index in [0.717, 1.165) is 40.4 Å². The van der Waals surface area contributed by atoms with E-state index < -0.39 is 23.5 Å². The number of phenolic OH excluding ortho intramolecular Hbond substituents is 1. The van der Waals surface area contributed by atoms with E-state index in [2.05, 4.69) is 26.1 Å². The van der Waals surface area contributed by atoms with Crippen molar-refractivity contribution in [1.82, 2.24) is 19.6 Å². The summed E-state index contributed by atoms with van der Waals surface area (Å²) < 4.78 is 78.4. The Bertz CT molecular complexity index is 1240. The van der Waals surface area contributed by atoms with Gasteiger partial charge >= 0.3 is 12.4 Å². The Morgan fingerprint density at radius 3 is 1.31 bits per heavy atom. The van der Waals surface area contributed by atoms with E-state index >= 15 is 0 Å². The van der Waals surface area contributed by atoms with Gasteiger partial charge in [-0.2, -0.15) is 36.5 Å². The SMILES string of the molecule is Cc1cc(Br)cc(C)c1-n1cc(C(F)(F)F)cn1.Cc1cc(O)cc(C)c1-n1cc(C(F)(F)F)cn1. The van der Waals surface area contributed by atoms with Crippen molar-refractivity contribution in [2.24, 2.45) is 0 Å². The van der Waals surface area contributed by atoms with Crippen LogP contribution in [0, 0.1) is 27.7 Å². The molecular weight excluding hydrogens is 554 g/mol. The predicted octanol–water partition coefficient (Wildman–Crippen LogP) is 7.48. The third-order valence-electron chi connectivity index (χ3n) is 5.21. The van der Waals surface area contributed by atoms with Gasteiger partial charge in [0, 0.05) is 16.9 Å². The maximum atomic E-state index is 12.5. The van der Waals surface area contributed by atoms with Gasteiger partial charge in [0.2, 0.25) is 0 Å². The van der Waals surface area contributed by atoms with E-state index in [1.165, 1.54) is 21.5 Å². The molecule has 0 saturated carbocycles. The highest BCUT2D eigenvalue weighted by Gasteiger charge is 2.33. The average molecular weight is 575 g/mol. The monoisotopic (exact) mass is 574 g/mol. The fourth-order valence-electron chi connectivity index (χ4n) is 3.74. The van der Waals surface area contributed by atoms with Crippen molar-refractivity contribution in [1.29, 1.82) is 0 Å². The zero-order chi connectivity index (χ0) is 27.0. The average Bonchev–Trinajstić information content (AvgIpc) is 3.36. The molecule has 0 aliphatic rings. The molecule has 36 heavy (non-hydrogen) atoms. The number of benzene rings is 2. The van der Waals surface area contributed by atoms with E-state index in [-0.39, 0.29) is 5.75 Å². The molecule has 12 heteroatoms. The molecule has 0 radical (unpaired) electrons. The van der Waals surface area contributed by atoms with Gasteiger partial charge in [0.1, 0.15) is 5.75 Å². The summed E-state index contributed by atoms with van der Waals surface area (Å²) in [6, 6.07) is 6.66. The second-order valence-corrected chi connectivity index (χ2v) is 9.07. The maximum Gasteiger partial charge on any atom is 0.419 e. The fraction of sp³-hybridized carbons (Fsp3) is 0.250. The first-order chi connectivity index (χ1) is 16.6. The first-order valence-electron chi connectivity index (χ1n) is 10.4.